The molecule has 5 rings (SSSR count). The van der Waals surface area contributed by atoms with Crippen LogP contribution in [0.4, 0.5) is 10.1 Å². The maximum Gasteiger partial charge on any atom is 0.344 e. The molecule has 8 nitrogen and oxygen atoms in total. The Kier molecular flexibility index (Phi) is 6.62. The number of anilines is 1. The van der Waals surface area contributed by atoms with Crippen molar-refractivity contribution in [2.24, 2.45) is 5.92 Å². The first kappa shape index (κ1) is 24.5. The largest absolute Gasteiger partial charge is 0.482 e. The number of thiazole rings is 1. The number of benzene rings is 2. The van der Waals surface area contributed by atoms with E-state index in [9.17, 15) is 23.6 Å². The summed E-state index contributed by atoms with van der Waals surface area (Å²) in [4.78, 5) is 55.4. The standard InChI is InChI=1S/C24H18ClFN2O6S2/c1-2-33-16(29)10-34-15-8-3-11(25)9-14(15)17-18-20(35-21-19(17)36-24(32)27-21)23(31)28(22(18)30)13-6-4-12(26)5-7-13/h3-9,17-18,20H,2,10H2,1H3,(H,27,32)/t17-,18-,20+/m0/s1. The van der Waals surface area contributed by atoms with Crippen molar-refractivity contribution in [2.75, 3.05) is 18.1 Å². The summed E-state index contributed by atoms with van der Waals surface area (Å²) in [5.41, 5.74) is 0.711. The van der Waals surface area contributed by atoms with Crippen molar-refractivity contribution in [3.63, 3.8) is 0 Å². The highest BCUT2D eigenvalue weighted by molar-refractivity contribution is 8.00. The van der Waals surface area contributed by atoms with Crippen LogP contribution in [-0.4, -0.2) is 41.2 Å². The Hall–Kier alpha value is -3.15. The van der Waals surface area contributed by atoms with Gasteiger partial charge in [0, 0.05) is 21.4 Å². The number of H-pyrrole nitrogens is 1. The fourth-order valence-corrected chi connectivity index (χ4v) is 7.12. The number of imide groups is 1. The van der Waals surface area contributed by atoms with Crippen molar-refractivity contribution in [2.45, 2.75) is 23.1 Å². The van der Waals surface area contributed by atoms with Crippen LogP contribution in [0.3, 0.4) is 0 Å². The van der Waals surface area contributed by atoms with Gasteiger partial charge in [0.2, 0.25) is 11.8 Å². The van der Waals surface area contributed by atoms with Gasteiger partial charge in [0.15, 0.2) is 6.61 Å². The van der Waals surface area contributed by atoms with E-state index in [-0.39, 0.29) is 29.5 Å². The van der Waals surface area contributed by atoms with Gasteiger partial charge in [-0.15, -0.1) is 0 Å². The van der Waals surface area contributed by atoms with Gasteiger partial charge in [0.05, 0.1) is 23.2 Å². The first-order valence-electron chi connectivity index (χ1n) is 10.9. The molecule has 12 heteroatoms. The molecule has 3 heterocycles. The number of hydrogen-bond donors (Lipinski definition) is 1. The normalized spacial score (nSPS) is 20.8. The van der Waals surface area contributed by atoms with E-state index in [2.05, 4.69) is 4.98 Å². The number of halogens is 2. The van der Waals surface area contributed by atoms with E-state index in [4.69, 9.17) is 21.1 Å². The number of thioether (sulfide) groups is 1. The summed E-state index contributed by atoms with van der Waals surface area (Å²) in [6, 6.07) is 9.84. The molecule has 2 aromatic carbocycles. The zero-order chi connectivity index (χ0) is 25.6. The SMILES string of the molecule is CCOC(=O)COc1ccc(Cl)cc1[C@@H]1c2sc(=O)[nH]c2S[C@H]2C(=O)N(c3ccc(F)cc3)C(=O)[C@@H]12. The Morgan fingerprint density at radius 3 is 2.61 bits per heavy atom. The van der Waals surface area contributed by atoms with Gasteiger partial charge in [-0.1, -0.05) is 34.7 Å². The number of fused-ring (bicyclic) bond motifs is 2. The summed E-state index contributed by atoms with van der Waals surface area (Å²) >= 11 is 8.37. The molecule has 1 fully saturated rings. The number of aromatic nitrogens is 1. The molecule has 36 heavy (non-hydrogen) atoms. The summed E-state index contributed by atoms with van der Waals surface area (Å²) < 4.78 is 24.2. The summed E-state index contributed by atoms with van der Waals surface area (Å²) in [5.74, 6) is -3.41. The van der Waals surface area contributed by atoms with Crippen LogP contribution in [0.5, 0.6) is 5.75 Å². The lowest BCUT2D eigenvalue weighted by Gasteiger charge is -2.31. The minimum absolute atomic E-state index is 0.190. The Bertz CT molecular complexity index is 1420. The molecule has 1 aromatic heterocycles. The first-order chi connectivity index (χ1) is 17.3. The fraction of sp³-hybridized carbons (Fsp3) is 0.250. The van der Waals surface area contributed by atoms with Crippen LogP contribution in [0.15, 0.2) is 52.3 Å². The third-order valence-corrected chi connectivity index (χ3v) is 8.50. The molecule has 0 spiro atoms. The van der Waals surface area contributed by atoms with Crippen molar-refractivity contribution in [1.82, 2.24) is 4.98 Å². The van der Waals surface area contributed by atoms with E-state index in [1.165, 1.54) is 24.3 Å². The third kappa shape index (κ3) is 4.31. The maximum atomic E-state index is 13.7. The van der Waals surface area contributed by atoms with E-state index in [1.807, 2.05) is 0 Å². The second kappa shape index (κ2) is 9.72. The summed E-state index contributed by atoms with van der Waals surface area (Å²) in [6.45, 7) is 1.50. The number of aromatic amines is 1. The second-order valence-electron chi connectivity index (χ2n) is 8.01. The van der Waals surface area contributed by atoms with Crippen LogP contribution in [0, 0.1) is 11.7 Å². The predicted octanol–water partition coefficient (Wildman–Crippen LogP) is 3.97. The average molecular weight is 549 g/mol. The van der Waals surface area contributed by atoms with Gasteiger partial charge < -0.3 is 14.5 Å². The number of nitrogens with one attached hydrogen (secondary N) is 1. The molecule has 2 aliphatic rings. The van der Waals surface area contributed by atoms with E-state index in [0.717, 1.165) is 28.0 Å². The molecule has 3 atom stereocenters. The molecule has 3 aromatic rings. The average Bonchev–Trinajstić information content (AvgIpc) is 3.33. The van der Waals surface area contributed by atoms with Gasteiger partial charge in [-0.3, -0.25) is 14.4 Å². The van der Waals surface area contributed by atoms with Gasteiger partial charge in [-0.05, 0) is 49.4 Å². The minimum Gasteiger partial charge on any atom is -0.482 e. The van der Waals surface area contributed by atoms with E-state index < -0.39 is 40.7 Å². The zero-order valence-corrected chi connectivity index (χ0v) is 21.0. The van der Waals surface area contributed by atoms with Gasteiger partial charge in [-0.25, -0.2) is 14.1 Å². The van der Waals surface area contributed by atoms with Crippen molar-refractivity contribution < 1.29 is 28.2 Å². The molecule has 2 amide bonds. The lowest BCUT2D eigenvalue weighted by Crippen LogP contribution is -2.32. The molecule has 2 aliphatic heterocycles. The molecular weight excluding hydrogens is 531 g/mol. The quantitative estimate of drug-likeness (QED) is 0.367. The molecule has 1 N–H and O–H groups in total. The monoisotopic (exact) mass is 548 g/mol. The highest BCUT2D eigenvalue weighted by Crippen LogP contribution is 2.54. The number of carbonyl (C=O) groups excluding carboxylic acids is 3. The topological polar surface area (TPSA) is 106 Å². The van der Waals surface area contributed by atoms with Crippen LogP contribution in [0.25, 0.3) is 0 Å². The van der Waals surface area contributed by atoms with Gasteiger partial charge in [0.25, 0.3) is 0 Å². The molecule has 0 bridgehead atoms. The molecule has 0 saturated carbocycles. The summed E-state index contributed by atoms with van der Waals surface area (Å²) in [5, 5.41) is -0.0169. The number of hydrogen-bond acceptors (Lipinski definition) is 8. The Labute approximate surface area is 217 Å². The number of esters is 1. The number of nitrogens with zero attached hydrogens (tertiary/aromatic N) is 1. The lowest BCUT2D eigenvalue weighted by atomic mass is 9.82. The van der Waals surface area contributed by atoms with Gasteiger partial charge in [0.1, 0.15) is 16.8 Å². The van der Waals surface area contributed by atoms with Crippen molar-refractivity contribution in [1.29, 1.82) is 0 Å². The maximum absolute atomic E-state index is 13.7. The highest BCUT2D eigenvalue weighted by Gasteiger charge is 2.56. The van der Waals surface area contributed by atoms with Gasteiger partial charge >= 0.3 is 10.8 Å². The lowest BCUT2D eigenvalue weighted by molar-refractivity contribution is -0.145. The number of carbonyl (C=O) groups is 3. The third-order valence-electron chi connectivity index (χ3n) is 5.87. The fourth-order valence-electron chi connectivity index (χ4n) is 4.43. The minimum atomic E-state index is -0.894. The summed E-state index contributed by atoms with van der Waals surface area (Å²) in [7, 11) is 0. The molecule has 1 saturated heterocycles. The van der Waals surface area contributed by atoms with Crippen LogP contribution >= 0.6 is 34.7 Å². The molecule has 0 unspecified atom stereocenters. The van der Waals surface area contributed by atoms with Crippen LogP contribution in [0.1, 0.15) is 23.3 Å². The Balaban J connectivity index is 1.61. The molecule has 0 radical (unpaired) electrons. The molecule has 186 valence electrons. The summed E-state index contributed by atoms with van der Waals surface area (Å²) in [6.07, 6.45) is 0. The van der Waals surface area contributed by atoms with Crippen molar-refractivity contribution in [3.05, 3.63) is 73.4 Å². The van der Waals surface area contributed by atoms with Crippen LogP contribution in [0.2, 0.25) is 5.02 Å². The van der Waals surface area contributed by atoms with E-state index in [1.54, 1.807) is 25.1 Å². The van der Waals surface area contributed by atoms with Gasteiger partial charge in [-0.2, -0.15) is 0 Å². The molecule has 0 aliphatic carbocycles. The number of rotatable bonds is 6. The predicted molar refractivity (Wildman–Crippen MR) is 132 cm³/mol. The molecular formula is C24H18ClFN2O6S2. The second-order valence-corrected chi connectivity index (χ2v) is 10.6. The number of amides is 2. The van der Waals surface area contributed by atoms with Crippen molar-refractivity contribution >= 4 is 58.2 Å². The Morgan fingerprint density at radius 1 is 1.14 bits per heavy atom. The van der Waals surface area contributed by atoms with Crippen LogP contribution < -0.4 is 14.5 Å². The van der Waals surface area contributed by atoms with E-state index >= 15 is 0 Å². The Morgan fingerprint density at radius 2 is 1.89 bits per heavy atom. The smallest absolute Gasteiger partial charge is 0.344 e. The highest BCUT2D eigenvalue weighted by atomic mass is 35.5. The van der Waals surface area contributed by atoms with E-state index in [0.29, 0.717) is 20.5 Å². The van der Waals surface area contributed by atoms with Crippen molar-refractivity contribution in [3.8, 4) is 5.75 Å². The first-order valence-corrected chi connectivity index (χ1v) is 13.0. The number of ether oxygens (including phenoxy) is 2. The zero-order valence-electron chi connectivity index (χ0n) is 18.7. The van der Waals surface area contributed by atoms with Crippen LogP contribution in [-0.2, 0) is 19.1 Å².